The summed E-state index contributed by atoms with van der Waals surface area (Å²) < 4.78 is 23.1. The highest BCUT2D eigenvalue weighted by molar-refractivity contribution is 5.91. The predicted octanol–water partition coefficient (Wildman–Crippen LogP) is 3.01. The summed E-state index contributed by atoms with van der Waals surface area (Å²) in [5.41, 5.74) is 0. The van der Waals surface area contributed by atoms with Gasteiger partial charge in [-0.1, -0.05) is 0 Å². The van der Waals surface area contributed by atoms with E-state index in [9.17, 15) is 9.18 Å². The summed E-state index contributed by atoms with van der Waals surface area (Å²) >= 11 is 0. The molecule has 0 radical (unpaired) electrons. The highest BCUT2D eigenvalue weighted by Crippen LogP contribution is 2.11. The van der Waals surface area contributed by atoms with Crippen LogP contribution in [0.15, 0.2) is 47.1 Å². The van der Waals surface area contributed by atoms with Gasteiger partial charge in [0.15, 0.2) is 5.76 Å². The van der Waals surface area contributed by atoms with E-state index in [1.165, 1.54) is 18.4 Å². The van der Waals surface area contributed by atoms with Crippen molar-refractivity contribution in [3.63, 3.8) is 0 Å². The molecule has 0 atom stereocenters. The van der Waals surface area contributed by atoms with Crippen LogP contribution >= 0.6 is 0 Å². The summed E-state index contributed by atoms with van der Waals surface area (Å²) in [6.45, 7) is 1.09. The molecule has 0 bridgehead atoms. The normalized spacial score (nSPS) is 10.2. The number of unbranched alkanes of at least 4 members (excludes halogenated alkanes) is 1. The minimum atomic E-state index is -0.280. The first-order chi connectivity index (χ1) is 9.75. The van der Waals surface area contributed by atoms with Crippen molar-refractivity contribution in [2.75, 3.05) is 13.2 Å². The molecule has 2 aromatic rings. The second-order valence-electron chi connectivity index (χ2n) is 4.24. The predicted molar refractivity (Wildman–Crippen MR) is 72.2 cm³/mol. The average Bonchev–Trinajstić information content (AvgIpc) is 2.98. The van der Waals surface area contributed by atoms with Gasteiger partial charge >= 0.3 is 0 Å². The van der Waals surface area contributed by atoms with Crippen molar-refractivity contribution in [2.24, 2.45) is 0 Å². The van der Waals surface area contributed by atoms with Gasteiger partial charge in [0.05, 0.1) is 12.9 Å². The van der Waals surface area contributed by atoms with E-state index < -0.39 is 0 Å². The summed E-state index contributed by atoms with van der Waals surface area (Å²) in [6, 6.07) is 9.19. The van der Waals surface area contributed by atoms with E-state index in [1.54, 1.807) is 24.3 Å². The Hall–Kier alpha value is -2.30. The number of halogens is 1. The number of furan rings is 1. The Morgan fingerprint density at radius 3 is 2.70 bits per heavy atom. The standard InChI is InChI=1S/C15H16FNO3/c16-12-5-7-13(8-6-12)19-10-2-1-9-17-15(18)14-4-3-11-20-14/h3-8,11H,1-2,9-10H2,(H,17,18). The fourth-order valence-corrected chi connectivity index (χ4v) is 1.64. The van der Waals surface area contributed by atoms with Gasteiger partial charge in [-0.3, -0.25) is 4.79 Å². The molecule has 0 saturated carbocycles. The smallest absolute Gasteiger partial charge is 0.286 e. The fraction of sp³-hybridized carbons (Fsp3) is 0.267. The second kappa shape index (κ2) is 7.33. The zero-order valence-corrected chi connectivity index (χ0v) is 11.0. The van der Waals surface area contributed by atoms with Crippen LogP contribution in [-0.4, -0.2) is 19.1 Å². The van der Waals surface area contributed by atoms with E-state index >= 15 is 0 Å². The molecule has 1 aromatic carbocycles. The molecule has 4 nitrogen and oxygen atoms in total. The average molecular weight is 277 g/mol. The summed E-state index contributed by atoms with van der Waals surface area (Å²) in [7, 11) is 0. The SMILES string of the molecule is O=C(NCCCCOc1ccc(F)cc1)c1ccco1. The van der Waals surface area contributed by atoms with E-state index in [1.807, 2.05) is 0 Å². The molecule has 1 aromatic heterocycles. The molecule has 106 valence electrons. The lowest BCUT2D eigenvalue weighted by Gasteiger charge is -2.06. The molecule has 2 rings (SSSR count). The second-order valence-corrected chi connectivity index (χ2v) is 4.24. The molecular weight excluding hydrogens is 261 g/mol. The lowest BCUT2D eigenvalue weighted by molar-refractivity contribution is 0.0924. The monoisotopic (exact) mass is 277 g/mol. The largest absolute Gasteiger partial charge is 0.494 e. The molecular formula is C15H16FNO3. The molecule has 0 aliphatic carbocycles. The minimum Gasteiger partial charge on any atom is -0.494 e. The molecule has 0 aliphatic heterocycles. The first-order valence-electron chi connectivity index (χ1n) is 6.46. The minimum absolute atomic E-state index is 0.213. The van der Waals surface area contributed by atoms with Gasteiger partial charge in [-0.2, -0.15) is 0 Å². The number of rotatable bonds is 7. The first-order valence-corrected chi connectivity index (χ1v) is 6.46. The Bertz CT molecular complexity index is 523. The van der Waals surface area contributed by atoms with Gasteiger partial charge < -0.3 is 14.5 Å². The Morgan fingerprint density at radius 2 is 2.00 bits per heavy atom. The quantitative estimate of drug-likeness (QED) is 0.791. The summed E-state index contributed by atoms with van der Waals surface area (Å²) in [6.07, 6.45) is 3.06. The number of hydrogen-bond acceptors (Lipinski definition) is 3. The maximum absolute atomic E-state index is 12.7. The van der Waals surface area contributed by atoms with Crippen LogP contribution in [-0.2, 0) is 0 Å². The van der Waals surface area contributed by atoms with Gasteiger partial charge in [-0.15, -0.1) is 0 Å². The third-order valence-corrected chi connectivity index (χ3v) is 2.68. The first kappa shape index (κ1) is 14.1. The van der Waals surface area contributed by atoms with Crippen LogP contribution in [0, 0.1) is 5.82 Å². The van der Waals surface area contributed by atoms with E-state index in [0.29, 0.717) is 24.7 Å². The van der Waals surface area contributed by atoms with Gasteiger partial charge in [-0.25, -0.2) is 4.39 Å². The van der Waals surface area contributed by atoms with Crippen molar-refractivity contribution in [1.82, 2.24) is 5.32 Å². The summed E-state index contributed by atoms with van der Waals surface area (Å²) in [5, 5.41) is 2.75. The van der Waals surface area contributed by atoms with E-state index in [-0.39, 0.29) is 11.7 Å². The van der Waals surface area contributed by atoms with Crippen LogP contribution in [0.4, 0.5) is 4.39 Å². The molecule has 0 saturated heterocycles. The lowest BCUT2D eigenvalue weighted by atomic mass is 10.3. The topological polar surface area (TPSA) is 51.5 Å². The molecule has 1 amide bonds. The molecule has 0 unspecified atom stereocenters. The molecule has 0 fully saturated rings. The van der Waals surface area contributed by atoms with Crippen LogP contribution in [0.2, 0.25) is 0 Å². The molecule has 1 heterocycles. The zero-order chi connectivity index (χ0) is 14.2. The van der Waals surface area contributed by atoms with Crippen molar-refractivity contribution in [2.45, 2.75) is 12.8 Å². The van der Waals surface area contributed by atoms with Crippen molar-refractivity contribution in [1.29, 1.82) is 0 Å². The van der Waals surface area contributed by atoms with Gasteiger partial charge in [-0.05, 0) is 49.2 Å². The van der Waals surface area contributed by atoms with Gasteiger partial charge in [0.25, 0.3) is 5.91 Å². The van der Waals surface area contributed by atoms with Crippen molar-refractivity contribution in [3.05, 3.63) is 54.2 Å². The zero-order valence-electron chi connectivity index (χ0n) is 11.0. The van der Waals surface area contributed by atoms with Gasteiger partial charge in [0.1, 0.15) is 11.6 Å². The molecule has 1 N–H and O–H groups in total. The molecule has 0 aliphatic rings. The van der Waals surface area contributed by atoms with Crippen molar-refractivity contribution >= 4 is 5.91 Å². The van der Waals surface area contributed by atoms with Crippen LogP contribution in [0.3, 0.4) is 0 Å². The van der Waals surface area contributed by atoms with Crippen LogP contribution in [0.5, 0.6) is 5.75 Å². The van der Waals surface area contributed by atoms with Gasteiger partial charge in [0.2, 0.25) is 0 Å². The number of hydrogen-bond donors (Lipinski definition) is 1. The number of carbonyl (C=O) groups is 1. The van der Waals surface area contributed by atoms with Crippen LogP contribution in [0.25, 0.3) is 0 Å². The number of benzene rings is 1. The van der Waals surface area contributed by atoms with Crippen LogP contribution in [0.1, 0.15) is 23.4 Å². The maximum atomic E-state index is 12.7. The molecule has 20 heavy (non-hydrogen) atoms. The molecule has 5 heteroatoms. The summed E-state index contributed by atoms with van der Waals surface area (Å²) in [4.78, 5) is 11.5. The molecule has 0 spiro atoms. The van der Waals surface area contributed by atoms with Crippen LogP contribution < -0.4 is 10.1 Å². The maximum Gasteiger partial charge on any atom is 0.286 e. The van der Waals surface area contributed by atoms with E-state index in [0.717, 1.165) is 12.8 Å². The fourth-order valence-electron chi connectivity index (χ4n) is 1.64. The van der Waals surface area contributed by atoms with E-state index in [2.05, 4.69) is 5.32 Å². The number of amides is 1. The highest BCUT2D eigenvalue weighted by Gasteiger charge is 2.06. The Balaban J connectivity index is 1.56. The lowest BCUT2D eigenvalue weighted by Crippen LogP contribution is -2.24. The third kappa shape index (κ3) is 4.42. The summed E-state index contributed by atoms with van der Waals surface area (Å²) in [5.74, 6) is 0.464. The number of nitrogens with one attached hydrogen (secondary N) is 1. The van der Waals surface area contributed by atoms with Gasteiger partial charge in [0, 0.05) is 6.54 Å². The number of ether oxygens (including phenoxy) is 1. The number of carbonyl (C=O) groups excluding carboxylic acids is 1. The Kier molecular flexibility index (Phi) is 5.17. The Morgan fingerprint density at radius 1 is 1.20 bits per heavy atom. The van der Waals surface area contributed by atoms with Crippen molar-refractivity contribution in [3.8, 4) is 5.75 Å². The van der Waals surface area contributed by atoms with Crippen molar-refractivity contribution < 1.29 is 18.3 Å². The Labute approximate surface area is 116 Å². The third-order valence-electron chi connectivity index (χ3n) is 2.68. The highest BCUT2D eigenvalue weighted by atomic mass is 19.1. The van der Waals surface area contributed by atoms with E-state index in [4.69, 9.17) is 9.15 Å².